The summed E-state index contributed by atoms with van der Waals surface area (Å²) in [7, 11) is 0. The number of nitrogens with one attached hydrogen (secondary N) is 1. The third kappa shape index (κ3) is 2.99. The molecule has 0 bridgehead atoms. The van der Waals surface area contributed by atoms with Crippen molar-refractivity contribution in [2.75, 3.05) is 5.32 Å². The highest BCUT2D eigenvalue weighted by Gasteiger charge is 2.16. The molecule has 3 N–H and O–H groups in total. The summed E-state index contributed by atoms with van der Waals surface area (Å²) in [4.78, 5) is 0. The van der Waals surface area contributed by atoms with E-state index in [4.69, 9.17) is 5.73 Å². The predicted molar refractivity (Wildman–Crippen MR) is 72.5 cm³/mol. The highest BCUT2D eigenvalue weighted by Crippen LogP contribution is 2.29. The lowest BCUT2D eigenvalue weighted by atomic mass is 9.95. The fraction of sp³-hybridized carbons (Fsp3) is 0.538. The second-order valence-electron chi connectivity index (χ2n) is 4.58. The number of anilines is 1. The maximum absolute atomic E-state index is 14.0. The van der Waals surface area contributed by atoms with E-state index >= 15 is 0 Å². The number of nitrogens with two attached hydrogens (primary N) is 1. The summed E-state index contributed by atoms with van der Waals surface area (Å²) in [5, 5.41) is 3.30. The summed E-state index contributed by atoms with van der Waals surface area (Å²) < 4.78 is 14.5. The van der Waals surface area contributed by atoms with Crippen LogP contribution in [0.2, 0.25) is 0 Å². The van der Waals surface area contributed by atoms with Gasteiger partial charge in [-0.3, -0.25) is 0 Å². The maximum Gasteiger partial charge on any atom is 0.160 e. The minimum atomic E-state index is -0.224. The summed E-state index contributed by atoms with van der Waals surface area (Å²) in [6.45, 7) is 0.348. The van der Waals surface area contributed by atoms with Crippen molar-refractivity contribution in [3.8, 4) is 0 Å². The van der Waals surface area contributed by atoms with Crippen LogP contribution in [-0.4, -0.2) is 6.04 Å². The Bertz CT molecular complexity index is 389. The number of halogens is 2. The SMILES string of the molecule is NCc1ccc(NC2CCCCC2)c(F)c1Br. The fourth-order valence-electron chi connectivity index (χ4n) is 2.33. The van der Waals surface area contributed by atoms with Gasteiger partial charge in [0.1, 0.15) is 0 Å². The molecule has 17 heavy (non-hydrogen) atoms. The Labute approximate surface area is 110 Å². The van der Waals surface area contributed by atoms with Gasteiger partial charge in [0.2, 0.25) is 0 Å². The first-order valence-electron chi connectivity index (χ1n) is 6.16. The van der Waals surface area contributed by atoms with Gasteiger partial charge in [-0.25, -0.2) is 4.39 Å². The largest absolute Gasteiger partial charge is 0.380 e. The Hall–Kier alpha value is -0.610. The van der Waals surface area contributed by atoms with Crippen LogP contribution in [-0.2, 0) is 6.54 Å². The van der Waals surface area contributed by atoms with Crippen LogP contribution in [0.4, 0.5) is 10.1 Å². The van der Waals surface area contributed by atoms with Crippen molar-refractivity contribution in [1.29, 1.82) is 0 Å². The Balaban J connectivity index is 2.12. The van der Waals surface area contributed by atoms with E-state index in [-0.39, 0.29) is 5.82 Å². The van der Waals surface area contributed by atoms with E-state index in [1.807, 2.05) is 6.07 Å². The topological polar surface area (TPSA) is 38.0 Å². The maximum atomic E-state index is 14.0. The van der Waals surface area contributed by atoms with Crippen LogP contribution < -0.4 is 11.1 Å². The standard InChI is InChI=1S/C13H18BrFN2/c14-12-9(8-16)6-7-11(13(12)15)17-10-4-2-1-3-5-10/h6-7,10,17H,1-5,8,16H2. The van der Waals surface area contributed by atoms with Crippen molar-refractivity contribution in [3.63, 3.8) is 0 Å². The molecule has 0 atom stereocenters. The van der Waals surface area contributed by atoms with Gasteiger partial charge in [0.25, 0.3) is 0 Å². The molecule has 1 aromatic carbocycles. The molecule has 1 aliphatic rings. The average molecular weight is 301 g/mol. The first kappa shape index (κ1) is 12.8. The zero-order valence-electron chi connectivity index (χ0n) is 9.81. The third-order valence-corrected chi connectivity index (χ3v) is 4.20. The van der Waals surface area contributed by atoms with E-state index in [1.165, 1.54) is 19.3 Å². The lowest BCUT2D eigenvalue weighted by Crippen LogP contribution is -2.23. The van der Waals surface area contributed by atoms with E-state index in [0.717, 1.165) is 18.4 Å². The lowest BCUT2D eigenvalue weighted by Gasteiger charge is -2.24. The van der Waals surface area contributed by atoms with E-state index in [0.29, 0.717) is 22.7 Å². The quantitative estimate of drug-likeness (QED) is 0.891. The van der Waals surface area contributed by atoms with Gasteiger partial charge in [-0.1, -0.05) is 25.3 Å². The number of benzene rings is 1. The van der Waals surface area contributed by atoms with Crippen molar-refractivity contribution in [2.24, 2.45) is 5.73 Å². The normalized spacial score (nSPS) is 17.1. The molecule has 0 radical (unpaired) electrons. The van der Waals surface area contributed by atoms with Crippen LogP contribution in [0.3, 0.4) is 0 Å². The molecule has 2 nitrogen and oxygen atoms in total. The van der Waals surface area contributed by atoms with E-state index in [2.05, 4.69) is 21.2 Å². The molecule has 4 heteroatoms. The molecule has 0 heterocycles. The first-order chi connectivity index (χ1) is 8.22. The molecule has 2 rings (SSSR count). The summed E-state index contributed by atoms with van der Waals surface area (Å²) in [6, 6.07) is 4.07. The number of hydrogen-bond donors (Lipinski definition) is 2. The van der Waals surface area contributed by atoms with Crippen LogP contribution >= 0.6 is 15.9 Å². The van der Waals surface area contributed by atoms with E-state index in [9.17, 15) is 4.39 Å². The molecule has 1 saturated carbocycles. The van der Waals surface area contributed by atoms with Crippen LogP contribution in [0.1, 0.15) is 37.7 Å². The van der Waals surface area contributed by atoms with Crippen molar-refractivity contribution >= 4 is 21.6 Å². The zero-order chi connectivity index (χ0) is 12.3. The molecule has 94 valence electrons. The molecule has 1 aliphatic carbocycles. The summed E-state index contributed by atoms with van der Waals surface area (Å²) in [5.74, 6) is -0.224. The molecule has 1 aromatic rings. The Morgan fingerprint density at radius 2 is 2.00 bits per heavy atom. The van der Waals surface area contributed by atoms with Gasteiger partial charge in [-0.05, 0) is 40.4 Å². The Kier molecular flexibility index (Phi) is 4.40. The van der Waals surface area contributed by atoms with Crippen LogP contribution in [0.25, 0.3) is 0 Å². The highest BCUT2D eigenvalue weighted by atomic mass is 79.9. The summed E-state index contributed by atoms with van der Waals surface area (Å²) in [6.07, 6.45) is 6.05. The summed E-state index contributed by atoms with van der Waals surface area (Å²) >= 11 is 3.26. The number of rotatable bonds is 3. The van der Waals surface area contributed by atoms with Gasteiger partial charge >= 0.3 is 0 Å². The molecule has 0 spiro atoms. The highest BCUT2D eigenvalue weighted by molar-refractivity contribution is 9.10. The molecule has 0 saturated heterocycles. The lowest BCUT2D eigenvalue weighted by molar-refractivity contribution is 0.460. The van der Waals surface area contributed by atoms with Crippen LogP contribution in [0.15, 0.2) is 16.6 Å². The Morgan fingerprint density at radius 1 is 1.29 bits per heavy atom. The molecule has 0 amide bonds. The minimum Gasteiger partial charge on any atom is -0.380 e. The van der Waals surface area contributed by atoms with Gasteiger partial charge in [-0.15, -0.1) is 0 Å². The van der Waals surface area contributed by atoms with E-state index in [1.54, 1.807) is 6.07 Å². The van der Waals surface area contributed by atoms with Gasteiger partial charge < -0.3 is 11.1 Å². The van der Waals surface area contributed by atoms with Crippen molar-refractivity contribution < 1.29 is 4.39 Å². The average Bonchev–Trinajstić information content (AvgIpc) is 2.37. The predicted octanol–water partition coefficient (Wildman–Crippen LogP) is 3.79. The second-order valence-corrected chi connectivity index (χ2v) is 5.38. The van der Waals surface area contributed by atoms with Crippen molar-refractivity contribution in [2.45, 2.75) is 44.7 Å². The smallest absolute Gasteiger partial charge is 0.160 e. The Morgan fingerprint density at radius 3 is 2.65 bits per heavy atom. The van der Waals surface area contributed by atoms with Crippen LogP contribution in [0.5, 0.6) is 0 Å². The van der Waals surface area contributed by atoms with Crippen molar-refractivity contribution in [1.82, 2.24) is 0 Å². The minimum absolute atomic E-state index is 0.224. The monoisotopic (exact) mass is 300 g/mol. The van der Waals surface area contributed by atoms with Crippen molar-refractivity contribution in [3.05, 3.63) is 28.0 Å². The van der Waals surface area contributed by atoms with Gasteiger partial charge in [0, 0.05) is 12.6 Å². The molecule has 0 aliphatic heterocycles. The fourth-order valence-corrected chi connectivity index (χ4v) is 2.83. The first-order valence-corrected chi connectivity index (χ1v) is 6.95. The molecule has 1 fully saturated rings. The van der Waals surface area contributed by atoms with Crippen LogP contribution in [0, 0.1) is 5.82 Å². The zero-order valence-corrected chi connectivity index (χ0v) is 11.4. The van der Waals surface area contributed by atoms with E-state index < -0.39 is 0 Å². The van der Waals surface area contributed by atoms with Gasteiger partial charge in [0.15, 0.2) is 5.82 Å². The molecule has 0 unspecified atom stereocenters. The summed E-state index contributed by atoms with van der Waals surface area (Å²) in [5.41, 5.74) is 6.92. The molecular formula is C13H18BrFN2. The van der Waals surface area contributed by atoms with Gasteiger partial charge in [-0.2, -0.15) is 0 Å². The second kappa shape index (κ2) is 5.83. The molecular weight excluding hydrogens is 283 g/mol. The third-order valence-electron chi connectivity index (χ3n) is 3.35. The number of hydrogen-bond acceptors (Lipinski definition) is 2. The van der Waals surface area contributed by atoms with Gasteiger partial charge in [0.05, 0.1) is 10.2 Å². The molecule has 0 aromatic heterocycles.